The van der Waals surface area contributed by atoms with Crippen molar-refractivity contribution in [3.63, 3.8) is 0 Å². The number of fused-ring (bicyclic) bond motifs is 1. The Morgan fingerprint density at radius 3 is 2.53 bits per heavy atom. The summed E-state index contributed by atoms with van der Waals surface area (Å²) in [4.78, 5) is 14.6. The molecule has 0 bridgehead atoms. The van der Waals surface area contributed by atoms with Crippen LogP contribution in [0.15, 0.2) is 30.5 Å². The number of halogens is 3. The molecule has 0 unspecified atom stereocenters. The van der Waals surface area contributed by atoms with Crippen LogP contribution < -0.4 is 5.73 Å². The summed E-state index contributed by atoms with van der Waals surface area (Å²) in [5, 5.41) is 0.439. The third-order valence-corrected chi connectivity index (χ3v) is 2.30. The molecule has 1 aromatic heterocycles. The van der Waals surface area contributed by atoms with E-state index in [1.807, 2.05) is 0 Å². The minimum atomic E-state index is -4.40. The zero-order chi connectivity index (χ0) is 12.6. The summed E-state index contributed by atoms with van der Waals surface area (Å²) in [6.45, 7) is 0. The van der Waals surface area contributed by atoms with Crippen LogP contribution in [0.2, 0.25) is 0 Å². The number of primary amides is 1. The molecule has 2 aromatic rings. The second-order valence-corrected chi connectivity index (χ2v) is 3.49. The van der Waals surface area contributed by atoms with E-state index in [9.17, 15) is 18.0 Å². The van der Waals surface area contributed by atoms with E-state index in [0.29, 0.717) is 5.39 Å². The average molecular weight is 240 g/mol. The number of alkyl halides is 3. The Hall–Kier alpha value is -2.11. The van der Waals surface area contributed by atoms with Crippen LogP contribution in [0.3, 0.4) is 0 Å². The van der Waals surface area contributed by atoms with Crippen molar-refractivity contribution in [3.8, 4) is 0 Å². The van der Waals surface area contributed by atoms with Crippen molar-refractivity contribution in [3.05, 3.63) is 41.6 Å². The standard InChI is InChI=1S/C11H7F3N2O/c12-11(13,14)8-2-1-6-3-7(10(15)17)5-16-9(6)4-8/h1-5H,(H2,15,17). The normalized spacial score (nSPS) is 11.7. The highest BCUT2D eigenvalue weighted by molar-refractivity contribution is 5.96. The molecule has 0 spiro atoms. The number of hydrogen-bond acceptors (Lipinski definition) is 2. The van der Waals surface area contributed by atoms with Crippen molar-refractivity contribution in [2.45, 2.75) is 6.18 Å². The van der Waals surface area contributed by atoms with Gasteiger partial charge < -0.3 is 5.73 Å². The number of amides is 1. The second-order valence-electron chi connectivity index (χ2n) is 3.49. The lowest BCUT2D eigenvalue weighted by atomic mass is 10.1. The molecule has 2 N–H and O–H groups in total. The number of benzene rings is 1. The largest absolute Gasteiger partial charge is 0.416 e. The summed E-state index contributed by atoms with van der Waals surface area (Å²) < 4.78 is 37.3. The Bertz CT molecular complexity index is 593. The highest BCUT2D eigenvalue weighted by atomic mass is 19.4. The van der Waals surface area contributed by atoms with Crippen LogP contribution >= 0.6 is 0 Å². The van der Waals surface area contributed by atoms with Crippen LogP contribution in [0.5, 0.6) is 0 Å². The van der Waals surface area contributed by atoms with Gasteiger partial charge >= 0.3 is 6.18 Å². The van der Waals surface area contributed by atoms with Crippen molar-refractivity contribution in [2.75, 3.05) is 0 Å². The first-order valence-electron chi connectivity index (χ1n) is 4.65. The summed E-state index contributed by atoms with van der Waals surface area (Å²) in [7, 11) is 0. The molecule has 0 atom stereocenters. The SMILES string of the molecule is NC(=O)c1cnc2cc(C(F)(F)F)ccc2c1. The van der Waals surface area contributed by atoms with E-state index >= 15 is 0 Å². The van der Waals surface area contributed by atoms with Gasteiger partial charge in [0.15, 0.2) is 0 Å². The van der Waals surface area contributed by atoms with E-state index in [-0.39, 0.29) is 11.1 Å². The van der Waals surface area contributed by atoms with Gasteiger partial charge in [-0.3, -0.25) is 9.78 Å². The Morgan fingerprint density at radius 1 is 1.24 bits per heavy atom. The van der Waals surface area contributed by atoms with Crippen LogP contribution in [0.1, 0.15) is 15.9 Å². The fraction of sp³-hybridized carbons (Fsp3) is 0.0909. The van der Waals surface area contributed by atoms with Crippen LogP contribution in [0.25, 0.3) is 10.9 Å². The van der Waals surface area contributed by atoms with Crippen molar-refractivity contribution < 1.29 is 18.0 Å². The number of pyridine rings is 1. The van der Waals surface area contributed by atoms with E-state index in [1.54, 1.807) is 0 Å². The molecule has 0 fully saturated rings. The number of carbonyl (C=O) groups is 1. The minimum Gasteiger partial charge on any atom is -0.366 e. The molecule has 1 heterocycles. The molecule has 88 valence electrons. The first-order valence-corrected chi connectivity index (χ1v) is 4.65. The van der Waals surface area contributed by atoms with Gasteiger partial charge in [-0.05, 0) is 18.2 Å². The molecular formula is C11H7F3N2O. The van der Waals surface area contributed by atoms with Gasteiger partial charge in [-0.1, -0.05) is 6.07 Å². The molecule has 2 rings (SSSR count). The number of hydrogen-bond donors (Lipinski definition) is 1. The molecule has 0 aliphatic heterocycles. The maximum Gasteiger partial charge on any atom is 0.416 e. The fourth-order valence-corrected chi connectivity index (χ4v) is 1.43. The van der Waals surface area contributed by atoms with Gasteiger partial charge in [-0.25, -0.2) is 0 Å². The van der Waals surface area contributed by atoms with Crippen LogP contribution in [-0.4, -0.2) is 10.9 Å². The summed E-state index contributed by atoms with van der Waals surface area (Å²) in [5.74, 6) is -0.667. The quantitative estimate of drug-likeness (QED) is 0.831. The zero-order valence-electron chi connectivity index (χ0n) is 8.45. The Labute approximate surface area is 94.1 Å². The first-order chi connectivity index (χ1) is 7.88. The molecule has 0 aliphatic carbocycles. The van der Waals surface area contributed by atoms with Gasteiger partial charge in [0, 0.05) is 11.6 Å². The average Bonchev–Trinajstić information content (AvgIpc) is 2.26. The van der Waals surface area contributed by atoms with Crippen molar-refractivity contribution in [1.82, 2.24) is 4.98 Å². The minimum absolute atomic E-state index is 0.164. The Kier molecular flexibility index (Phi) is 2.49. The Balaban J connectivity index is 2.58. The molecule has 0 saturated carbocycles. The molecule has 0 saturated heterocycles. The molecule has 1 aromatic carbocycles. The van der Waals surface area contributed by atoms with E-state index in [0.717, 1.165) is 18.3 Å². The second kappa shape index (κ2) is 3.73. The maximum atomic E-state index is 12.4. The van der Waals surface area contributed by atoms with E-state index in [2.05, 4.69) is 4.98 Å². The Morgan fingerprint density at radius 2 is 1.94 bits per heavy atom. The predicted octanol–water partition coefficient (Wildman–Crippen LogP) is 2.35. The van der Waals surface area contributed by atoms with E-state index < -0.39 is 17.6 Å². The zero-order valence-corrected chi connectivity index (χ0v) is 8.45. The molecule has 17 heavy (non-hydrogen) atoms. The van der Waals surface area contributed by atoms with E-state index in [4.69, 9.17) is 5.73 Å². The summed E-state index contributed by atoms with van der Waals surface area (Å²) >= 11 is 0. The maximum absolute atomic E-state index is 12.4. The highest BCUT2D eigenvalue weighted by Gasteiger charge is 2.30. The van der Waals surface area contributed by atoms with Gasteiger partial charge in [0.25, 0.3) is 0 Å². The summed E-state index contributed by atoms with van der Waals surface area (Å²) in [6, 6.07) is 4.54. The molecule has 0 aliphatic rings. The molecule has 1 amide bonds. The summed E-state index contributed by atoms with van der Waals surface area (Å²) in [6.07, 6.45) is -3.25. The summed E-state index contributed by atoms with van der Waals surface area (Å²) in [5.41, 5.74) is 4.61. The lowest BCUT2D eigenvalue weighted by Crippen LogP contribution is -2.11. The van der Waals surface area contributed by atoms with Gasteiger partial charge in [0.2, 0.25) is 5.91 Å². The lowest BCUT2D eigenvalue weighted by Gasteiger charge is -2.07. The number of aromatic nitrogens is 1. The molecule has 6 heteroatoms. The number of nitrogens with zero attached hydrogens (tertiary/aromatic N) is 1. The van der Waals surface area contributed by atoms with Gasteiger partial charge in [-0.15, -0.1) is 0 Å². The van der Waals surface area contributed by atoms with Gasteiger partial charge in [0.1, 0.15) is 0 Å². The first kappa shape index (κ1) is 11.4. The van der Waals surface area contributed by atoms with Crippen molar-refractivity contribution >= 4 is 16.8 Å². The van der Waals surface area contributed by atoms with Crippen LogP contribution in [-0.2, 0) is 6.18 Å². The topological polar surface area (TPSA) is 56.0 Å². The smallest absolute Gasteiger partial charge is 0.366 e. The third-order valence-electron chi connectivity index (χ3n) is 2.30. The number of nitrogens with two attached hydrogens (primary N) is 1. The van der Waals surface area contributed by atoms with Crippen molar-refractivity contribution in [1.29, 1.82) is 0 Å². The highest BCUT2D eigenvalue weighted by Crippen LogP contribution is 2.30. The molecule has 3 nitrogen and oxygen atoms in total. The van der Waals surface area contributed by atoms with Gasteiger partial charge in [0.05, 0.1) is 16.6 Å². The van der Waals surface area contributed by atoms with E-state index in [1.165, 1.54) is 12.1 Å². The molecular weight excluding hydrogens is 233 g/mol. The number of rotatable bonds is 1. The van der Waals surface area contributed by atoms with Crippen LogP contribution in [0, 0.1) is 0 Å². The molecule has 0 radical (unpaired) electrons. The third kappa shape index (κ3) is 2.20. The van der Waals surface area contributed by atoms with Crippen molar-refractivity contribution in [2.24, 2.45) is 5.73 Å². The lowest BCUT2D eigenvalue weighted by molar-refractivity contribution is -0.137. The monoisotopic (exact) mass is 240 g/mol. The number of carbonyl (C=O) groups excluding carboxylic acids is 1. The fourth-order valence-electron chi connectivity index (χ4n) is 1.43. The predicted molar refractivity (Wildman–Crippen MR) is 55.3 cm³/mol. The van der Waals surface area contributed by atoms with Crippen LogP contribution in [0.4, 0.5) is 13.2 Å². The van der Waals surface area contributed by atoms with Gasteiger partial charge in [-0.2, -0.15) is 13.2 Å².